The van der Waals surface area contributed by atoms with E-state index < -0.39 is 6.10 Å². The van der Waals surface area contributed by atoms with Gasteiger partial charge in [-0.05, 0) is 49.2 Å². The zero-order chi connectivity index (χ0) is 15.2. The summed E-state index contributed by atoms with van der Waals surface area (Å²) in [6.07, 6.45) is 1.96. The predicted octanol–water partition coefficient (Wildman–Crippen LogP) is 4.72. The van der Waals surface area contributed by atoms with Crippen molar-refractivity contribution in [1.82, 2.24) is 0 Å². The van der Waals surface area contributed by atoms with E-state index in [-0.39, 0.29) is 5.78 Å². The average Bonchev–Trinajstić information content (AvgIpc) is 2.49. The van der Waals surface area contributed by atoms with Crippen LogP contribution >= 0.6 is 11.6 Å². The molecule has 0 N–H and O–H groups in total. The number of Topliss-reactive ketones (excluding diaryl/α,β-unsaturated/α-hetero) is 1. The third-order valence-corrected chi connectivity index (χ3v) is 3.39. The maximum atomic E-state index is 12.3. The van der Waals surface area contributed by atoms with Crippen LogP contribution in [-0.4, -0.2) is 11.9 Å². The number of carbonyl (C=O) groups is 1. The molecule has 0 fully saturated rings. The van der Waals surface area contributed by atoms with E-state index in [1.807, 2.05) is 30.3 Å². The van der Waals surface area contributed by atoms with Crippen LogP contribution in [0.5, 0.6) is 5.75 Å². The molecule has 0 saturated heterocycles. The van der Waals surface area contributed by atoms with E-state index >= 15 is 0 Å². The van der Waals surface area contributed by atoms with E-state index in [4.69, 9.17) is 16.3 Å². The molecule has 108 valence electrons. The van der Waals surface area contributed by atoms with Crippen molar-refractivity contribution in [3.8, 4) is 5.75 Å². The number of benzene rings is 2. The first-order valence-corrected chi connectivity index (χ1v) is 7.15. The van der Waals surface area contributed by atoms with Crippen LogP contribution in [0.25, 0.3) is 0 Å². The Morgan fingerprint density at radius 1 is 1.24 bits per heavy atom. The number of halogens is 1. The van der Waals surface area contributed by atoms with Crippen molar-refractivity contribution < 1.29 is 9.53 Å². The highest BCUT2D eigenvalue weighted by Crippen LogP contribution is 2.21. The lowest BCUT2D eigenvalue weighted by Crippen LogP contribution is -2.24. The molecular formula is C18H17ClO2. The van der Waals surface area contributed by atoms with Gasteiger partial charge >= 0.3 is 0 Å². The quantitative estimate of drug-likeness (QED) is 0.570. The van der Waals surface area contributed by atoms with Gasteiger partial charge in [0.25, 0.3) is 0 Å². The van der Waals surface area contributed by atoms with Gasteiger partial charge in [0, 0.05) is 10.6 Å². The fourth-order valence-corrected chi connectivity index (χ4v) is 2.16. The van der Waals surface area contributed by atoms with E-state index in [9.17, 15) is 4.79 Å². The summed E-state index contributed by atoms with van der Waals surface area (Å²) >= 11 is 5.83. The monoisotopic (exact) mass is 300 g/mol. The van der Waals surface area contributed by atoms with Gasteiger partial charge in [-0.25, -0.2) is 0 Å². The summed E-state index contributed by atoms with van der Waals surface area (Å²) in [5.41, 5.74) is 1.61. The van der Waals surface area contributed by atoms with Gasteiger partial charge in [0.15, 0.2) is 6.10 Å². The van der Waals surface area contributed by atoms with Gasteiger partial charge in [-0.3, -0.25) is 4.79 Å². The van der Waals surface area contributed by atoms with Crippen molar-refractivity contribution in [3.63, 3.8) is 0 Å². The zero-order valence-electron chi connectivity index (χ0n) is 11.9. The number of carbonyl (C=O) groups excluding carboxylic acids is 1. The smallest absolute Gasteiger partial charge is 0.202 e. The van der Waals surface area contributed by atoms with Crippen LogP contribution in [0.4, 0.5) is 0 Å². The highest BCUT2D eigenvalue weighted by molar-refractivity contribution is 6.30. The third kappa shape index (κ3) is 3.96. The first-order valence-electron chi connectivity index (χ1n) is 6.77. The van der Waals surface area contributed by atoms with Crippen molar-refractivity contribution in [1.29, 1.82) is 0 Å². The van der Waals surface area contributed by atoms with Gasteiger partial charge in [0.2, 0.25) is 5.78 Å². The molecule has 3 heteroatoms. The van der Waals surface area contributed by atoms with Crippen LogP contribution < -0.4 is 4.74 Å². The van der Waals surface area contributed by atoms with Gasteiger partial charge in [-0.15, -0.1) is 6.58 Å². The van der Waals surface area contributed by atoms with E-state index in [2.05, 4.69) is 6.58 Å². The first-order chi connectivity index (χ1) is 10.1. The van der Waals surface area contributed by atoms with E-state index in [0.29, 0.717) is 22.8 Å². The van der Waals surface area contributed by atoms with Crippen LogP contribution in [0.1, 0.15) is 22.8 Å². The SMILES string of the molecule is C=CCc1ccccc1OC(C)C(=O)c1ccc(Cl)cc1. The van der Waals surface area contributed by atoms with Crippen molar-refractivity contribution in [2.75, 3.05) is 0 Å². The Balaban J connectivity index is 2.14. The second-order valence-electron chi connectivity index (χ2n) is 4.73. The summed E-state index contributed by atoms with van der Waals surface area (Å²) in [5.74, 6) is 0.646. The zero-order valence-corrected chi connectivity index (χ0v) is 12.6. The number of ether oxygens (including phenoxy) is 1. The standard InChI is InChI=1S/C18H17ClO2/c1-3-6-14-7-4-5-8-17(14)21-13(2)18(20)15-9-11-16(19)12-10-15/h3-5,7-13H,1,6H2,2H3. The molecule has 0 aromatic heterocycles. The number of hydrogen-bond donors (Lipinski definition) is 0. The third-order valence-electron chi connectivity index (χ3n) is 3.14. The molecule has 0 bridgehead atoms. The highest BCUT2D eigenvalue weighted by atomic mass is 35.5. The van der Waals surface area contributed by atoms with Gasteiger partial charge < -0.3 is 4.74 Å². The van der Waals surface area contributed by atoms with Crippen molar-refractivity contribution in [2.24, 2.45) is 0 Å². The summed E-state index contributed by atoms with van der Waals surface area (Å²) in [4.78, 5) is 12.3. The van der Waals surface area contributed by atoms with Crippen molar-refractivity contribution in [3.05, 3.63) is 77.3 Å². The maximum absolute atomic E-state index is 12.3. The van der Waals surface area contributed by atoms with Gasteiger partial charge in [-0.2, -0.15) is 0 Å². The normalized spacial score (nSPS) is 11.7. The Morgan fingerprint density at radius 2 is 1.90 bits per heavy atom. The fraction of sp³-hybridized carbons (Fsp3) is 0.167. The van der Waals surface area contributed by atoms with Gasteiger partial charge in [0.05, 0.1) is 0 Å². The Hall–Kier alpha value is -2.06. The van der Waals surface area contributed by atoms with Crippen LogP contribution in [0.3, 0.4) is 0 Å². The molecule has 2 rings (SSSR count). The lowest BCUT2D eigenvalue weighted by atomic mass is 10.1. The number of ketones is 1. The van der Waals surface area contributed by atoms with Crippen molar-refractivity contribution in [2.45, 2.75) is 19.4 Å². The largest absolute Gasteiger partial charge is 0.482 e. The topological polar surface area (TPSA) is 26.3 Å². The Morgan fingerprint density at radius 3 is 2.57 bits per heavy atom. The number of hydrogen-bond acceptors (Lipinski definition) is 2. The number of allylic oxidation sites excluding steroid dienone is 1. The van der Waals surface area contributed by atoms with Crippen molar-refractivity contribution >= 4 is 17.4 Å². The number of para-hydroxylation sites is 1. The minimum Gasteiger partial charge on any atom is -0.482 e. The lowest BCUT2D eigenvalue weighted by molar-refractivity contribution is 0.0817. The highest BCUT2D eigenvalue weighted by Gasteiger charge is 2.17. The molecule has 2 nitrogen and oxygen atoms in total. The average molecular weight is 301 g/mol. The van der Waals surface area contributed by atoms with Crippen LogP contribution in [-0.2, 0) is 6.42 Å². The molecule has 0 radical (unpaired) electrons. The fourth-order valence-electron chi connectivity index (χ4n) is 2.04. The molecule has 21 heavy (non-hydrogen) atoms. The molecule has 0 heterocycles. The van der Waals surface area contributed by atoms with E-state index in [0.717, 1.165) is 5.56 Å². The second kappa shape index (κ2) is 7.09. The maximum Gasteiger partial charge on any atom is 0.202 e. The summed E-state index contributed by atoms with van der Waals surface area (Å²) in [5, 5.41) is 0.608. The minimum absolute atomic E-state index is 0.0694. The predicted molar refractivity (Wildman–Crippen MR) is 86.2 cm³/mol. The summed E-state index contributed by atoms with van der Waals surface area (Å²) in [6.45, 7) is 5.48. The molecule has 1 unspecified atom stereocenters. The van der Waals surface area contributed by atoms with Crippen LogP contribution in [0.15, 0.2) is 61.2 Å². The van der Waals surface area contributed by atoms with E-state index in [1.54, 1.807) is 31.2 Å². The van der Waals surface area contributed by atoms with Crippen LogP contribution in [0, 0.1) is 0 Å². The Kier molecular flexibility index (Phi) is 5.18. The van der Waals surface area contributed by atoms with Crippen LogP contribution in [0.2, 0.25) is 5.02 Å². The molecule has 2 aromatic rings. The number of rotatable bonds is 6. The molecule has 0 saturated carbocycles. The summed E-state index contributed by atoms with van der Waals surface area (Å²) < 4.78 is 5.81. The Labute approximate surface area is 130 Å². The summed E-state index contributed by atoms with van der Waals surface area (Å²) in [7, 11) is 0. The molecule has 0 amide bonds. The van der Waals surface area contributed by atoms with E-state index in [1.165, 1.54) is 0 Å². The molecule has 0 aliphatic heterocycles. The molecular weight excluding hydrogens is 284 g/mol. The van der Waals surface area contributed by atoms with Gasteiger partial charge in [-0.1, -0.05) is 35.9 Å². The molecule has 0 aliphatic carbocycles. The minimum atomic E-state index is -0.558. The molecule has 0 spiro atoms. The molecule has 0 aliphatic rings. The Bertz CT molecular complexity index is 632. The molecule has 2 aromatic carbocycles. The second-order valence-corrected chi connectivity index (χ2v) is 5.17. The van der Waals surface area contributed by atoms with Gasteiger partial charge in [0.1, 0.15) is 5.75 Å². The molecule has 1 atom stereocenters. The summed E-state index contributed by atoms with van der Waals surface area (Å²) in [6, 6.07) is 14.5. The first kappa shape index (κ1) is 15.3. The lowest BCUT2D eigenvalue weighted by Gasteiger charge is -2.16.